The van der Waals surface area contributed by atoms with Crippen LogP contribution >= 0.6 is 0 Å². The van der Waals surface area contributed by atoms with Crippen molar-refractivity contribution in [3.05, 3.63) is 0 Å². The number of carbonyl (C=O) groups is 1. The van der Waals surface area contributed by atoms with Gasteiger partial charge in [-0.2, -0.15) is 0 Å². The molecule has 0 aromatic carbocycles. The zero-order valence-electron chi connectivity index (χ0n) is 9.04. The third-order valence-electron chi connectivity index (χ3n) is 3.12. The highest BCUT2D eigenvalue weighted by Gasteiger charge is 2.24. The minimum absolute atomic E-state index is 0.0332. The molecule has 0 bridgehead atoms. The number of piperidine rings is 1. The Morgan fingerprint density at radius 2 is 2.40 bits per heavy atom. The van der Waals surface area contributed by atoms with E-state index in [4.69, 9.17) is 9.47 Å². The molecule has 0 spiro atoms. The van der Waals surface area contributed by atoms with E-state index < -0.39 is 0 Å². The minimum Gasteiger partial charge on any atom is -0.465 e. The summed E-state index contributed by atoms with van der Waals surface area (Å²) >= 11 is 0. The summed E-state index contributed by atoms with van der Waals surface area (Å²) in [6.45, 7) is 3.90. The fraction of sp³-hybridized carbons (Fsp3) is 0.909. The predicted octanol–water partition coefficient (Wildman–Crippen LogP) is 0.566. The number of carbonyl (C=O) groups excluding carboxylic acids is 1. The number of hydrogen-bond acceptors (Lipinski definition) is 4. The Morgan fingerprint density at radius 3 is 3.07 bits per heavy atom. The van der Waals surface area contributed by atoms with Gasteiger partial charge in [-0.25, -0.2) is 0 Å². The number of esters is 1. The Labute approximate surface area is 90.3 Å². The largest absolute Gasteiger partial charge is 0.465 e. The molecule has 86 valence electrons. The van der Waals surface area contributed by atoms with E-state index in [2.05, 4.69) is 5.32 Å². The summed E-state index contributed by atoms with van der Waals surface area (Å²) in [5.74, 6) is 0.459. The van der Waals surface area contributed by atoms with Crippen molar-refractivity contribution >= 4 is 5.97 Å². The van der Waals surface area contributed by atoms with Crippen LogP contribution in [0, 0.1) is 11.8 Å². The van der Waals surface area contributed by atoms with Crippen LogP contribution in [0.25, 0.3) is 0 Å². The zero-order chi connectivity index (χ0) is 10.5. The van der Waals surface area contributed by atoms with Crippen molar-refractivity contribution in [2.75, 3.05) is 32.9 Å². The summed E-state index contributed by atoms with van der Waals surface area (Å²) in [5, 5.41) is 3.22. The van der Waals surface area contributed by atoms with Crippen LogP contribution in [0.3, 0.4) is 0 Å². The second-order valence-electron chi connectivity index (χ2n) is 4.40. The van der Waals surface area contributed by atoms with Crippen LogP contribution in [0.4, 0.5) is 0 Å². The van der Waals surface area contributed by atoms with Crippen molar-refractivity contribution in [2.24, 2.45) is 11.8 Å². The van der Waals surface area contributed by atoms with Crippen LogP contribution in [-0.2, 0) is 14.3 Å². The van der Waals surface area contributed by atoms with E-state index in [0.717, 1.165) is 45.6 Å². The zero-order valence-corrected chi connectivity index (χ0v) is 9.04. The summed E-state index contributed by atoms with van der Waals surface area (Å²) in [6, 6.07) is 0. The van der Waals surface area contributed by atoms with Gasteiger partial charge in [-0.15, -0.1) is 0 Å². The topological polar surface area (TPSA) is 47.6 Å². The molecule has 2 heterocycles. The predicted molar refractivity (Wildman–Crippen MR) is 55.5 cm³/mol. The Kier molecular flexibility index (Phi) is 3.97. The monoisotopic (exact) mass is 213 g/mol. The molecule has 2 atom stereocenters. The second-order valence-corrected chi connectivity index (χ2v) is 4.40. The molecule has 1 N–H and O–H groups in total. The maximum Gasteiger partial charge on any atom is 0.310 e. The van der Waals surface area contributed by atoms with Gasteiger partial charge in [0.15, 0.2) is 0 Å². The Hall–Kier alpha value is -0.610. The smallest absolute Gasteiger partial charge is 0.310 e. The highest BCUT2D eigenvalue weighted by molar-refractivity contribution is 5.72. The van der Waals surface area contributed by atoms with Crippen molar-refractivity contribution in [2.45, 2.75) is 19.3 Å². The molecule has 0 radical (unpaired) electrons. The molecule has 0 aromatic heterocycles. The van der Waals surface area contributed by atoms with Crippen LogP contribution in [0.2, 0.25) is 0 Å². The maximum absolute atomic E-state index is 11.7. The van der Waals surface area contributed by atoms with Crippen molar-refractivity contribution in [3.63, 3.8) is 0 Å². The lowest BCUT2D eigenvalue weighted by molar-refractivity contribution is -0.150. The fourth-order valence-electron chi connectivity index (χ4n) is 2.09. The SMILES string of the molecule is O=C(OCC1CCOC1)[C@H]1CCCNC1. The molecule has 2 saturated heterocycles. The number of ether oxygens (including phenoxy) is 2. The lowest BCUT2D eigenvalue weighted by Crippen LogP contribution is -2.35. The number of nitrogens with one attached hydrogen (secondary N) is 1. The van der Waals surface area contributed by atoms with Crippen LogP contribution in [-0.4, -0.2) is 38.9 Å². The van der Waals surface area contributed by atoms with Crippen molar-refractivity contribution in [3.8, 4) is 0 Å². The van der Waals surface area contributed by atoms with Crippen molar-refractivity contribution in [1.29, 1.82) is 0 Å². The molecular weight excluding hydrogens is 194 g/mol. The van der Waals surface area contributed by atoms with Crippen LogP contribution in [0.1, 0.15) is 19.3 Å². The van der Waals surface area contributed by atoms with E-state index in [1.165, 1.54) is 0 Å². The minimum atomic E-state index is -0.0332. The summed E-state index contributed by atoms with van der Waals surface area (Å²) in [7, 11) is 0. The third-order valence-corrected chi connectivity index (χ3v) is 3.12. The first-order valence-corrected chi connectivity index (χ1v) is 5.81. The summed E-state index contributed by atoms with van der Waals surface area (Å²) in [4.78, 5) is 11.7. The molecule has 0 aliphatic carbocycles. The van der Waals surface area contributed by atoms with E-state index in [-0.39, 0.29) is 11.9 Å². The molecule has 0 amide bonds. The van der Waals surface area contributed by atoms with E-state index in [1.807, 2.05) is 0 Å². The average Bonchev–Trinajstić information content (AvgIpc) is 2.80. The fourth-order valence-corrected chi connectivity index (χ4v) is 2.09. The average molecular weight is 213 g/mol. The molecule has 1 unspecified atom stereocenters. The highest BCUT2D eigenvalue weighted by atomic mass is 16.5. The van der Waals surface area contributed by atoms with Crippen LogP contribution in [0.15, 0.2) is 0 Å². The van der Waals surface area contributed by atoms with Gasteiger partial charge in [-0.1, -0.05) is 0 Å². The van der Waals surface area contributed by atoms with Crippen molar-refractivity contribution < 1.29 is 14.3 Å². The number of rotatable bonds is 3. The van der Waals surface area contributed by atoms with Crippen LogP contribution in [0.5, 0.6) is 0 Å². The summed E-state index contributed by atoms with van der Waals surface area (Å²) < 4.78 is 10.5. The van der Waals surface area contributed by atoms with Gasteiger partial charge < -0.3 is 14.8 Å². The lowest BCUT2D eigenvalue weighted by Gasteiger charge is -2.21. The first kappa shape index (κ1) is 10.9. The Bertz CT molecular complexity index is 208. The quantitative estimate of drug-likeness (QED) is 0.696. The highest BCUT2D eigenvalue weighted by Crippen LogP contribution is 2.15. The van der Waals surface area contributed by atoms with Gasteiger partial charge in [0.25, 0.3) is 0 Å². The van der Waals surface area contributed by atoms with Gasteiger partial charge >= 0.3 is 5.97 Å². The Balaban J connectivity index is 1.66. The van der Waals surface area contributed by atoms with Gasteiger partial charge in [0.05, 0.1) is 19.1 Å². The molecule has 4 heteroatoms. The standard InChI is InChI=1S/C11H19NO3/c13-11(10-2-1-4-12-6-10)15-8-9-3-5-14-7-9/h9-10,12H,1-8H2/t9?,10-/m0/s1. The molecule has 0 saturated carbocycles. The first-order chi connectivity index (χ1) is 7.36. The van der Waals surface area contributed by atoms with E-state index in [0.29, 0.717) is 12.5 Å². The second kappa shape index (κ2) is 5.47. The van der Waals surface area contributed by atoms with Crippen molar-refractivity contribution in [1.82, 2.24) is 5.32 Å². The molecule has 2 rings (SSSR count). The number of hydrogen-bond donors (Lipinski definition) is 1. The maximum atomic E-state index is 11.7. The van der Waals surface area contributed by atoms with Gasteiger partial charge in [-0.05, 0) is 25.8 Å². The molecule has 0 aromatic rings. The summed E-state index contributed by atoms with van der Waals surface area (Å²) in [6.07, 6.45) is 3.06. The normalized spacial score (nSPS) is 31.5. The summed E-state index contributed by atoms with van der Waals surface area (Å²) in [5.41, 5.74) is 0. The third kappa shape index (κ3) is 3.18. The van der Waals surface area contributed by atoms with E-state index in [9.17, 15) is 4.79 Å². The first-order valence-electron chi connectivity index (χ1n) is 5.81. The molecule has 4 nitrogen and oxygen atoms in total. The van der Waals surface area contributed by atoms with Crippen LogP contribution < -0.4 is 5.32 Å². The van der Waals surface area contributed by atoms with Gasteiger partial charge in [-0.3, -0.25) is 4.79 Å². The van der Waals surface area contributed by atoms with E-state index >= 15 is 0 Å². The van der Waals surface area contributed by atoms with E-state index in [1.54, 1.807) is 0 Å². The lowest BCUT2D eigenvalue weighted by atomic mass is 10.00. The van der Waals surface area contributed by atoms with Gasteiger partial charge in [0.1, 0.15) is 0 Å². The van der Waals surface area contributed by atoms with Gasteiger partial charge in [0.2, 0.25) is 0 Å². The molecule has 15 heavy (non-hydrogen) atoms. The Morgan fingerprint density at radius 1 is 1.47 bits per heavy atom. The molecule has 2 aliphatic rings. The molecule has 2 aliphatic heterocycles. The molecule has 2 fully saturated rings. The molecular formula is C11H19NO3. The van der Waals surface area contributed by atoms with Gasteiger partial charge in [0, 0.05) is 19.1 Å².